The van der Waals surface area contributed by atoms with Gasteiger partial charge in [-0.2, -0.15) is 0 Å². The smallest absolute Gasteiger partial charge is 0.194 e. The van der Waals surface area contributed by atoms with Gasteiger partial charge in [-0.1, -0.05) is 24.3 Å². The lowest BCUT2D eigenvalue weighted by Crippen LogP contribution is -2.14. The first-order valence-electron chi connectivity index (χ1n) is 11.4. The summed E-state index contributed by atoms with van der Waals surface area (Å²) in [5, 5.41) is 0. The highest BCUT2D eigenvalue weighted by molar-refractivity contribution is 5.60. The Hall–Kier alpha value is -3.09. The zero-order valence-corrected chi connectivity index (χ0v) is 18.8. The Morgan fingerprint density at radius 3 is 2.03 bits per heavy atom. The number of aromatic nitrogens is 2. The maximum absolute atomic E-state index is 13.7. The second-order valence-electron chi connectivity index (χ2n) is 8.89. The van der Waals surface area contributed by atoms with Crippen LogP contribution in [0.15, 0.2) is 54.6 Å². The van der Waals surface area contributed by atoms with Crippen LogP contribution in [0.2, 0.25) is 0 Å². The molecular formula is C27H25F5N2. The van der Waals surface area contributed by atoms with Crippen molar-refractivity contribution in [1.82, 2.24) is 9.97 Å². The third-order valence-corrected chi connectivity index (χ3v) is 6.57. The van der Waals surface area contributed by atoms with Crippen LogP contribution in [-0.2, 0) is 6.42 Å². The van der Waals surface area contributed by atoms with Crippen LogP contribution in [0.1, 0.15) is 61.6 Å². The third kappa shape index (κ3) is 5.51. The molecule has 0 atom stereocenters. The summed E-state index contributed by atoms with van der Waals surface area (Å²) in [6.45, 7) is 1.11. The summed E-state index contributed by atoms with van der Waals surface area (Å²) < 4.78 is 66.8. The van der Waals surface area contributed by atoms with Crippen LogP contribution < -0.4 is 0 Å². The SMILES string of the molecule is C/C(F)=C(\F)c1ccc(C2CCC(CCc3cnc(-c4cc(F)c(F)c(F)c4)nc3)CC2)cc1. The number of benzene rings is 2. The van der Waals surface area contributed by atoms with Crippen molar-refractivity contribution in [1.29, 1.82) is 0 Å². The van der Waals surface area contributed by atoms with Crippen LogP contribution >= 0.6 is 0 Å². The number of aryl methyl sites for hydroxylation is 1. The Labute approximate surface area is 195 Å². The van der Waals surface area contributed by atoms with Gasteiger partial charge >= 0.3 is 0 Å². The first kappa shape index (κ1) is 24.0. The maximum Gasteiger partial charge on any atom is 0.194 e. The van der Waals surface area contributed by atoms with Gasteiger partial charge in [0.1, 0.15) is 5.83 Å². The van der Waals surface area contributed by atoms with E-state index < -0.39 is 29.1 Å². The monoisotopic (exact) mass is 472 g/mol. The van der Waals surface area contributed by atoms with Crippen LogP contribution in [0.25, 0.3) is 17.2 Å². The molecule has 0 unspecified atom stereocenters. The molecule has 1 fully saturated rings. The minimum Gasteiger partial charge on any atom is -0.236 e. The molecule has 178 valence electrons. The fourth-order valence-electron chi connectivity index (χ4n) is 4.57. The molecule has 1 aromatic heterocycles. The molecule has 1 heterocycles. The summed E-state index contributed by atoms with van der Waals surface area (Å²) in [6.07, 6.45) is 9.31. The predicted octanol–water partition coefficient (Wildman–Crippen LogP) is 8.10. The molecule has 1 aliphatic rings. The number of hydrogen-bond donors (Lipinski definition) is 0. The molecule has 0 aliphatic heterocycles. The quantitative estimate of drug-likeness (QED) is 0.268. The van der Waals surface area contributed by atoms with Gasteiger partial charge in [-0.15, -0.1) is 0 Å². The normalized spacial score (nSPS) is 19.1. The van der Waals surface area contributed by atoms with Crippen molar-refractivity contribution in [2.45, 2.75) is 51.4 Å². The molecule has 34 heavy (non-hydrogen) atoms. The molecule has 7 heteroatoms. The standard InChI is InChI=1S/C27H25F5N2/c1-16(28)25(31)21-10-8-20(9-11-21)19-6-4-17(5-7-19)2-3-18-14-33-27(34-15-18)22-12-23(29)26(32)24(30)13-22/h8-15,17,19H,2-7H2,1H3/b25-16+. The van der Waals surface area contributed by atoms with E-state index in [4.69, 9.17) is 0 Å². The first-order valence-corrected chi connectivity index (χ1v) is 11.4. The van der Waals surface area contributed by atoms with Gasteiger partial charge in [-0.25, -0.2) is 31.9 Å². The molecule has 3 aromatic rings. The average molecular weight is 473 g/mol. The molecule has 0 bridgehead atoms. The number of halogens is 5. The highest BCUT2D eigenvalue weighted by Crippen LogP contribution is 2.38. The highest BCUT2D eigenvalue weighted by Gasteiger charge is 2.22. The maximum atomic E-state index is 13.7. The molecular weight excluding hydrogens is 447 g/mol. The number of allylic oxidation sites excluding steroid dienone is 1. The molecule has 0 spiro atoms. The summed E-state index contributed by atoms with van der Waals surface area (Å²) in [7, 11) is 0. The number of hydrogen-bond acceptors (Lipinski definition) is 2. The van der Waals surface area contributed by atoms with Gasteiger partial charge < -0.3 is 0 Å². The molecule has 0 N–H and O–H groups in total. The van der Waals surface area contributed by atoms with Gasteiger partial charge in [0, 0.05) is 23.5 Å². The zero-order valence-electron chi connectivity index (χ0n) is 18.8. The minimum atomic E-state index is -1.51. The molecule has 2 nitrogen and oxygen atoms in total. The van der Waals surface area contributed by atoms with Gasteiger partial charge in [0.25, 0.3) is 0 Å². The largest absolute Gasteiger partial charge is 0.236 e. The second kappa shape index (κ2) is 10.5. The minimum absolute atomic E-state index is 0.0906. The lowest BCUT2D eigenvalue weighted by molar-refractivity contribution is 0.310. The molecule has 1 aliphatic carbocycles. The van der Waals surface area contributed by atoms with Crippen molar-refractivity contribution in [3.8, 4) is 11.4 Å². The van der Waals surface area contributed by atoms with Crippen molar-refractivity contribution in [3.63, 3.8) is 0 Å². The van der Waals surface area contributed by atoms with Crippen LogP contribution in [0, 0.1) is 23.4 Å². The molecule has 1 saturated carbocycles. The number of rotatable bonds is 6. The van der Waals surface area contributed by atoms with E-state index in [1.54, 1.807) is 24.5 Å². The van der Waals surface area contributed by atoms with Gasteiger partial charge in [-0.05, 0) is 80.5 Å². The number of nitrogens with zero attached hydrogens (tertiary/aromatic N) is 2. The highest BCUT2D eigenvalue weighted by atomic mass is 19.2. The van der Waals surface area contributed by atoms with E-state index in [2.05, 4.69) is 9.97 Å². The van der Waals surface area contributed by atoms with Crippen molar-refractivity contribution in [3.05, 3.63) is 88.8 Å². The van der Waals surface area contributed by atoms with Crippen molar-refractivity contribution < 1.29 is 22.0 Å². The van der Waals surface area contributed by atoms with Gasteiger partial charge in [0.15, 0.2) is 29.1 Å². The lowest BCUT2D eigenvalue weighted by Gasteiger charge is -2.29. The van der Waals surface area contributed by atoms with Crippen LogP contribution in [0.5, 0.6) is 0 Å². The summed E-state index contributed by atoms with van der Waals surface area (Å²) in [5.41, 5.74) is 2.44. The second-order valence-corrected chi connectivity index (χ2v) is 8.89. The van der Waals surface area contributed by atoms with E-state index in [9.17, 15) is 22.0 Å². The molecule has 2 aromatic carbocycles. The van der Waals surface area contributed by atoms with E-state index >= 15 is 0 Å². The topological polar surface area (TPSA) is 25.8 Å². The van der Waals surface area contributed by atoms with Crippen molar-refractivity contribution in [2.24, 2.45) is 5.92 Å². The van der Waals surface area contributed by atoms with E-state index in [0.29, 0.717) is 11.8 Å². The van der Waals surface area contributed by atoms with E-state index in [1.165, 1.54) is 0 Å². The Morgan fingerprint density at radius 2 is 1.47 bits per heavy atom. The molecule has 4 rings (SSSR count). The van der Waals surface area contributed by atoms with Gasteiger partial charge in [0.05, 0.1) is 0 Å². The van der Waals surface area contributed by atoms with Crippen LogP contribution in [-0.4, -0.2) is 9.97 Å². The summed E-state index contributed by atoms with van der Waals surface area (Å²) >= 11 is 0. The Balaban J connectivity index is 1.28. The fraction of sp³-hybridized carbons (Fsp3) is 0.333. The Bertz CT molecular complexity index is 1140. The average Bonchev–Trinajstić information content (AvgIpc) is 2.86. The van der Waals surface area contributed by atoms with Crippen molar-refractivity contribution in [2.75, 3.05) is 0 Å². The Kier molecular flexibility index (Phi) is 7.39. The predicted molar refractivity (Wildman–Crippen MR) is 122 cm³/mol. The summed E-state index contributed by atoms with van der Waals surface area (Å²) in [4.78, 5) is 8.37. The summed E-state index contributed by atoms with van der Waals surface area (Å²) in [6, 6.07) is 8.82. The Morgan fingerprint density at radius 1 is 0.882 bits per heavy atom. The van der Waals surface area contributed by atoms with E-state index in [1.807, 2.05) is 12.1 Å². The van der Waals surface area contributed by atoms with E-state index in [-0.39, 0.29) is 17.0 Å². The first-order chi connectivity index (χ1) is 16.3. The van der Waals surface area contributed by atoms with Gasteiger partial charge in [-0.3, -0.25) is 0 Å². The summed E-state index contributed by atoms with van der Waals surface area (Å²) in [5.74, 6) is -4.54. The molecule has 0 saturated heterocycles. The fourth-order valence-corrected chi connectivity index (χ4v) is 4.57. The van der Waals surface area contributed by atoms with Crippen molar-refractivity contribution >= 4 is 5.83 Å². The van der Waals surface area contributed by atoms with E-state index in [0.717, 1.165) is 68.7 Å². The van der Waals surface area contributed by atoms with Crippen LogP contribution in [0.4, 0.5) is 22.0 Å². The third-order valence-electron chi connectivity index (χ3n) is 6.57. The van der Waals surface area contributed by atoms with Gasteiger partial charge in [0.2, 0.25) is 0 Å². The van der Waals surface area contributed by atoms with Crippen LogP contribution in [0.3, 0.4) is 0 Å². The lowest BCUT2D eigenvalue weighted by atomic mass is 9.77. The zero-order chi connectivity index (χ0) is 24.2. The molecule has 0 amide bonds. The molecule has 0 radical (unpaired) electrons.